The molecule has 0 radical (unpaired) electrons. The zero-order chi connectivity index (χ0) is 11.4. The third kappa shape index (κ3) is 3.18. The first-order valence-electron chi connectivity index (χ1n) is 5.60. The van der Waals surface area contributed by atoms with Gasteiger partial charge in [0.25, 0.3) is 0 Å². The summed E-state index contributed by atoms with van der Waals surface area (Å²) in [4.78, 5) is 13.9. The van der Waals surface area contributed by atoms with Gasteiger partial charge in [-0.1, -0.05) is 6.92 Å². The van der Waals surface area contributed by atoms with Gasteiger partial charge in [-0.2, -0.15) is 0 Å². The van der Waals surface area contributed by atoms with Crippen LogP contribution in [0, 0.1) is 5.92 Å². The summed E-state index contributed by atoms with van der Waals surface area (Å²) in [5, 5.41) is 0. The van der Waals surface area contributed by atoms with Gasteiger partial charge in [-0.3, -0.25) is 4.79 Å². The Balaban J connectivity index is 2.46. The molecule has 1 aliphatic rings. The number of hydrogen-bond donors (Lipinski definition) is 1. The standard InChI is InChI=1S/C11H22N2O2/c1-8-4-9(2)13(7-8)11(14)5-10(6-12)15-3/h8-10H,4-7,12H2,1-3H3. The minimum absolute atomic E-state index is 0.138. The molecule has 0 spiro atoms. The van der Waals surface area contributed by atoms with Crippen molar-refractivity contribution in [1.82, 2.24) is 4.90 Å². The van der Waals surface area contributed by atoms with E-state index < -0.39 is 0 Å². The predicted molar refractivity (Wildman–Crippen MR) is 59.4 cm³/mol. The molecule has 1 fully saturated rings. The van der Waals surface area contributed by atoms with Gasteiger partial charge in [0.1, 0.15) is 0 Å². The van der Waals surface area contributed by atoms with Gasteiger partial charge in [0.05, 0.1) is 12.5 Å². The van der Waals surface area contributed by atoms with Crippen molar-refractivity contribution >= 4 is 5.91 Å². The predicted octanol–water partition coefficient (Wildman–Crippen LogP) is 0.607. The summed E-state index contributed by atoms with van der Waals surface area (Å²) < 4.78 is 5.12. The van der Waals surface area contributed by atoms with Gasteiger partial charge in [0, 0.05) is 26.2 Å². The van der Waals surface area contributed by atoms with Crippen molar-refractivity contribution in [2.24, 2.45) is 11.7 Å². The topological polar surface area (TPSA) is 55.6 Å². The van der Waals surface area contributed by atoms with Crippen LogP contribution in [0.4, 0.5) is 0 Å². The largest absolute Gasteiger partial charge is 0.380 e. The summed E-state index contributed by atoms with van der Waals surface area (Å²) in [6.45, 7) is 5.56. The van der Waals surface area contributed by atoms with E-state index in [1.165, 1.54) is 0 Å². The molecule has 0 aromatic rings. The van der Waals surface area contributed by atoms with Crippen LogP contribution in [0.5, 0.6) is 0 Å². The fraction of sp³-hybridized carbons (Fsp3) is 0.909. The van der Waals surface area contributed by atoms with Gasteiger partial charge in [-0.15, -0.1) is 0 Å². The van der Waals surface area contributed by atoms with Crippen LogP contribution in [0.1, 0.15) is 26.7 Å². The maximum absolute atomic E-state index is 11.9. The number of hydrogen-bond acceptors (Lipinski definition) is 3. The van der Waals surface area contributed by atoms with E-state index in [1.54, 1.807) is 7.11 Å². The van der Waals surface area contributed by atoms with E-state index in [-0.39, 0.29) is 12.0 Å². The van der Waals surface area contributed by atoms with E-state index >= 15 is 0 Å². The van der Waals surface area contributed by atoms with Gasteiger partial charge < -0.3 is 15.4 Å². The Morgan fingerprint density at radius 1 is 1.60 bits per heavy atom. The summed E-state index contributed by atoms with van der Waals surface area (Å²) in [5.74, 6) is 0.784. The Labute approximate surface area is 91.8 Å². The second-order valence-electron chi connectivity index (χ2n) is 4.53. The van der Waals surface area contributed by atoms with Crippen LogP contribution in [0.25, 0.3) is 0 Å². The first-order valence-corrected chi connectivity index (χ1v) is 5.60. The number of methoxy groups -OCH3 is 1. The van der Waals surface area contributed by atoms with E-state index in [1.807, 2.05) is 4.90 Å². The van der Waals surface area contributed by atoms with Crippen molar-refractivity contribution in [2.45, 2.75) is 38.8 Å². The van der Waals surface area contributed by atoms with E-state index in [2.05, 4.69) is 13.8 Å². The Kier molecular flexibility index (Phi) is 4.54. The summed E-state index contributed by atoms with van der Waals surface area (Å²) in [6.07, 6.45) is 1.37. The number of nitrogens with two attached hydrogens (primary N) is 1. The van der Waals surface area contributed by atoms with Crippen molar-refractivity contribution < 1.29 is 9.53 Å². The average molecular weight is 214 g/mol. The van der Waals surface area contributed by atoms with Crippen LogP contribution in [0.3, 0.4) is 0 Å². The SMILES string of the molecule is COC(CN)CC(=O)N1CC(C)CC1C. The Bertz CT molecular complexity index is 217. The minimum atomic E-state index is -0.138. The molecule has 1 amide bonds. The van der Waals surface area contributed by atoms with Crippen molar-refractivity contribution in [3.63, 3.8) is 0 Å². The van der Waals surface area contributed by atoms with E-state index in [0.717, 1.165) is 13.0 Å². The number of likely N-dealkylation sites (tertiary alicyclic amines) is 1. The highest BCUT2D eigenvalue weighted by Crippen LogP contribution is 2.23. The molecule has 0 aromatic heterocycles. The van der Waals surface area contributed by atoms with Crippen LogP contribution in [0.2, 0.25) is 0 Å². The number of amides is 1. The lowest BCUT2D eigenvalue weighted by Gasteiger charge is -2.23. The van der Waals surface area contributed by atoms with Crippen LogP contribution in [0.15, 0.2) is 0 Å². The number of nitrogens with zero attached hydrogens (tertiary/aromatic N) is 1. The van der Waals surface area contributed by atoms with Gasteiger partial charge in [-0.25, -0.2) is 0 Å². The van der Waals surface area contributed by atoms with Crippen molar-refractivity contribution in [1.29, 1.82) is 0 Å². The number of rotatable bonds is 4. The maximum atomic E-state index is 11.9. The lowest BCUT2D eigenvalue weighted by Crippen LogP contribution is -2.38. The van der Waals surface area contributed by atoms with Crippen molar-refractivity contribution in [3.05, 3.63) is 0 Å². The smallest absolute Gasteiger partial charge is 0.225 e. The monoisotopic (exact) mass is 214 g/mol. The van der Waals surface area contributed by atoms with Gasteiger partial charge in [-0.05, 0) is 19.3 Å². The van der Waals surface area contributed by atoms with Gasteiger partial charge in [0.15, 0.2) is 0 Å². The average Bonchev–Trinajstić information content (AvgIpc) is 2.54. The van der Waals surface area contributed by atoms with E-state index in [4.69, 9.17) is 10.5 Å². The molecule has 1 rings (SSSR count). The molecule has 0 saturated carbocycles. The Morgan fingerprint density at radius 2 is 2.27 bits per heavy atom. The Hall–Kier alpha value is -0.610. The number of carbonyl (C=O) groups excluding carboxylic acids is 1. The van der Waals surface area contributed by atoms with Crippen molar-refractivity contribution in [2.75, 3.05) is 20.2 Å². The summed E-state index contributed by atoms with van der Waals surface area (Å²) >= 11 is 0. The molecule has 88 valence electrons. The van der Waals surface area contributed by atoms with Gasteiger partial charge in [0.2, 0.25) is 5.91 Å². The molecular weight excluding hydrogens is 192 g/mol. The zero-order valence-electron chi connectivity index (χ0n) is 9.90. The lowest BCUT2D eigenvalue weighted by molar-refractivity contribution is -0.134. The van der Waals surface area contributed by atoms with Crippen molar-refractivity contribution in [3.8, 4) is 0 Å². The fourth-order valence-electron chi connectivity index (χ4n) is 2.22. The summed E-state index contributed by atoms with van der Waals surface area (Å²) in [5.41, 5.74) is 5.50. The molecule has 3 unspecified atom stereocenters. The minimum Gasteiger partial charge on any atom is -0.380 e. The first-order chi connectivity index (χ1) is 7.08. The highest BCUT2D eigenvalue weighted by molar-refractivity contribution is 5.77. The molecule has 0 aromatic carbocycles. The fourth-order valence-corrected chi connectivity index (χ4v) is 2.22. The number of ether oxygens (including phenoxy) is 1. The molecule has 1 aliphatic heterocycles. The zero-order valence-corrected chi connectivity index (χ0v) is 9.90. The van der Waals surface area contributed by atoms with Crippen LogP contribution < -0.4 is 5.73 Å². The van der Waals surface area contributed by atoms with Crippen LogP contribution in [-0.4, -0.2) is 43.2 Å². The molecule has 0 aliphatic carbocycles. The third-order valence-electron chi connectivity index (χ3n) is 3.10. The molecule has 15 heavy (non-hydrogen) atoms. The normalized spacial score (nSPS) is 28.1. The molecule has 1 heterocycles. The Morgan fingerprint density at radius 3 is 2.67 bits per heavy atom. The quantitative estimate of drug-likeness (QED) is 0.746. The molecular formula is C11H22N2O2. The van der Waals surface area contributed by atoms with E-state index in [9.17, 15) is 4.79 Å². The highest BCUT2D eigenvalue weighted by Gasteiger charge is 2.30. The van der Waals surface area contributed by atoms with Crippen LogP contribution in [-0.2, 0) is 9.53 Å². The maximum Gasteiger partial charge on any atom is 0.225 e. The lowest BCUT2D eigenvalue weighted by atomic mass is 10.1. The highest BCUT2D eigenvalue weighted by atomic mass is 16.5. The van der Waals surface area contributed by atoms with Crippen LogP contribution >= 0.6 is 0 Å². The van der Waals surface area contributed by atoms with Gasteiger partial charge >= 0.3 is 0 Å². The molecule has 4 nitrogen and oxygen atoms in total. The first kappa shape index (κ1) is 12.5. The molecule has 3 atom stereocenters. The second-order valence-corrected chi connectivity index (χ2v) is 4.53. The number of carbonyl (C=O) groups is 1. The molecule has 2 N–H and O–H groups in total. The molecule has 4 heteroatoms. The second kappa shape index (κ2) is 5.47. The third-order valence-corrected chi connectivity index (χ3v) is 3.10. The summed E-state index contributed by atoms with van der Waals surface area (Å²) in [6, 6.07) is 0.364. The molecule has 0 bridgehead atoms. The molecule has 1 saturated heterocycles. The van der Waals surface area contributed by atoms with E-state index in [0.29, 0.717) is 24.9 Å². The summed E-state index contributed by atoms with van der Waals surface area (Å²) in [7, 11) is 1.60.